The number of para-hydroxylation sites is 1. The number of hydrogen-bond donors (Lipinski definition) is 1. The molecule has 1 atom stereocenters. The van der Waals surface area contributed by atoms with Crippen LogP contribution in [0.15, 0.2) is 83.0 Å². The summed E-state index contributed by atoms with van der Waals surface area (Å²) in [6.07, 6.45) is 0. The van der Waals surface area contributed by atoms with Crippen LogP contribution >= 0.6 is 0 Å². The van der Waals surface area contributed by atoms with Crippen molar-refractivity contribution in [3.63, 3.8) is 0 Å². The second kappa shape index (κ2) is 10.1. The molecule has 0 bridgehead atoms. The van der Waals surface area contributed by atoms with Crippen molar-refractivity contribution in [2.24, 2.45) is 0 Å². The van der Waals surface area contributed by atoms with Crippen molar-refractivity contribution < 1.29 is 23.5 Å². The van der Waals surface area contributed by atoms with Gasteiger partial charge < -0.3 is 24.1 Å². The van der Waals surface area contributed by atoms with Gasteiger partial charge in [-0.25, -0.2) is 4.79 Å². The number of hydrogen-bond acceptors (Lipinski definition) is 7. The van der Waals surface area contributed by atoms with Gasteiger partial charge in [-0.2, -0.15) is 4.98 Å². The number of allylic oxidation sites excluding steroid dienone is 1. The van der Waals surface area contributed by atoms with Gasteiger partial charge >= 0.3 is 6.03 Å². The van der Waals surface area contributed by atoms with Gasteiger partial charge in [-0.3, -0.25) is 4.90 Å². The third kappa shape index (κ3) is 4.47. The Hall–Kier alpha value is -4.79. The van der Waals surface area contributed by atoms with Crippen molar-refractivity contribution in [2.75, 3.05) is 26.2 Å². The molecule has 37 heavy (non-hydrogen) atoms. The second-order valence-corrected chi connectivity index (χ2v) is 8.32. The van der Waals surface area contributed by atoms with E-state index >= 15 is 0 Å². The predicted molar refractivity (Wildman–Crippen MR) is 139 cm³/mol. The van der Waals surface area contributed by atoms with Crippen LogP contribution in [0.4, 0.5) is 10.5 Å². The number of methoxy groups -OCH3 is 3. The molecule has 0 saturated carbocycles. The fourth-order valence-electron chi connectivity index (χ4n) is 4.40. The quantitative estimate of drug-likeness (QED) is 0.361. The summed E-state index contributed by atoms with van der Waals surface area (Å²) in [6, 6.07) is 21.5. The van der Waals surface area contributed by atoms with E-state index in [1.54, 1.807) is 38.4 Å². The molecule has 0 aliphatic carbocycles. The van der Waals surface area contributed by atoms with E-state index in [4.69, 9.17) is 23.7 Å². The number of rotatable bonds is 7. The van der Waals surface area contributed by atoms with Gasteiger partial charge in [0, 0.05) is 11.3 Å². The van der Waals surface area contributed by atoms with Crippen molar-refractivity contribution in [1.82, 2.24) is 15.5 Å². The summed E-state index contributed by atoms with van der Waals surface area (Å²) in [4.78, 5) is 19.7. The third-order valence-electron chi connectivity index (χ3n) is 6.22. The molecule has 1 aromatic heterocycles. The van der Waals surface area contributed by atoms with Crippen molar-refractivity contribution in [3.8, 4) is 28.6 Å². The molecule has 0 fully saturated rings. The number of nitrogens with one attached hydrogen (secondary N) is 1. The van der Waals surface area contributed by atoms with Crippen molar-refractivity contribution >= 4 is 17.3 Å². The number of ether oxygens (including phenoxy) is 3. The highest BCUT2D eigenvalue weighted by atomic mass is 16.5. The lowest BCUT2D eigenvalue weighted by Crippen LogP contribution is -2.46. The van der Waals surface area contributed by atoms with Gasteiger partial charge in [0.2, 0.25) is 5.82 Å². The molecule has 1 unspecified atom stereocenters. The maximum absolute atomic E-state index is 13.3. The number of benzene rings is 3. The Morgan fingerprint density at radius 1 is 0.892 bits per heavy atom. The summed E-state index contributed by atoms with van der Waals surface area (Å²) < 4.78 is 22.0. The van der Waals surface area contributed by atoms with Crippen LogP contribution in [0.2, 0.25) is 0 Å². The molecule has 2 heterocycles. The lowest BCUT2D eigenvalue weighted by atomic mass is 9.94. The van der Waals surface area contributed by atoms with Crippen LogP contribution in [0, 0.1) is 0 Å². The van der Waals surface area contributed by atoms with Crippen molar-refractivity contribution in [1.29, 1.82) is 0 Å². The monoisotopic (exact) mass is 498 g/mol. The minimum atomic E-state index is -0.540. The summed E-state index contributed by atoms with van der Waals surface area (Å²) in [6.45, 7) is 1.87. The van der Waals surface area contributed by atoms with E-state index in [1.807, 2.05) is 67.6 Å². The first-order valence-corrected chi connectivity index (χ1v) is 11.6. The number of amides is 2. The van der Waals surface area contributed by atoms with Crippen LogP contribution in [-0.2, 0) is 0 Å². The van der Waals surface area contributed by atoms with E-state index in [2.05, 4.69) is 10.5 Å². The lowest BCUT2D eigenvalue weighted by Gasteiger charge is -2.35. The highest BCUT2D eigenvalue weighted by Gasteiger charge is 2.36. The second-order valence-electron chi connectivity index (χ2n) is 8.32. The van der Waals surface area contributed by atoms with Gasteiger partial charge in [-0.05, 0) is 55.0 Å². The van der Waals surface area contributed by atoms with Gasteiger partial charge in [0.15, 0.2) is 11.5 Å². The molecule has 1 N–H and O–H groups in total. The standard InChI is InChI=1S/C28H26N4O5/c1-17-24(27-30-26(31-37-27)19-13-14-22(35-3)23(16-19)36-4)25(18-9-8-12-21(15-18)34-2)29-28(33)32(17)20-10-6-5-7-11-20/h5-16,25H,1-4H3,(H,29,33). The van der Waals surface area contributed by atoms with Crippen LogP contribution in [0.1, 0.15) is 24.4 Å². The first-order chi connectivity index (χ1) is 18.0. The van der Waals surface area contributed by atoms with E-state index in [0.29, 0.717) is 39.9 Å². The summed E-state index contributed by atoms with van der Waals surface area (Å²) in [5.41, 5.74) is 3.59. The number of urea groups is 1. The molecule has 0 radical (unpaired) electrons. The Balaban J connectivity index is 1.64. The third-order valence-corrected chi connectivity index (χ3v) is 6.22. The van der Waals surface area contributed by atoms with Gasteiger partial charge in [0.25, 0.3) is 5.89 Å². The van der Waals surface area contributed by atoms with Crippen molar-refractivity contribution in [2.45, 2.75) is 13.0 Å². The number of anilines is 1. The maximum Gasteiger partial charge on any atom is 0.326 e. The Labute approximate surface area is 214 Å². The lowest BCUT2D eigenvalue weighted by molar-refractivity contribution is 0.244. The fraction of sp³-hybridized carbons (Fsp3) is 0.179. The van der Waals surface area contributed by atoms with E-state index in [9.17, 15) is 4.79 Å². The Morgan fingerprint density at radius 2 is 1.68 bits per heavy atom. The molecule has 4 aromatic rings. The molecule has 9 nitrogen and oxygen atoms in total. The minimum absolute atomic E-state index is 0.264. The highest BCUT2D eigenvalue weighted by molar-refractivity contribution is 6.01. The maximum atomic E-state index is 13.3. The van der Waals surface area contributed by atoms with Gasteiger partial charge in [0.05, 0.1) is 38.6 Å². The first-order valence-electron chi connectivity index (χ1n) is 11.6. The zero-order chi connectivity index (χ0) is 25.9. The van der Waals surface area contributed by atoms with Crippen LogP contribution < -0.4 is 24.4 Å². The molecule has 0 spiro atoms. The number of carbonyl (C=O) groups excluding carboxylic acids is 1. The Bertz CT molecular complexity index is 1460. The topological polar surface area (TPSA) is 99.0 Å². The zero-order valence-electron chi connectivity index (χ0n) is 20.9. The van der Waals surface area contributed by atoms with Gasteiger partial charge in [-0.15, -0.1) is 0 Å². The summed E-state index contributed by atoms with van der Waals surface area (Å²) >= 11 is 0. The highest BCUT2D eigenvalue weighted by Crippen LogP contribution is 2.40. The summed E-state index contributed by atoms with van der Waals surface area (Å²) in [5.74, 6) is 2.49. The molecular weight excluding hydrogens is 472 g/mol. The molecule has 1 aliphatic heterocycles. The minimum Gasteiger partial charge on any atom is -0.497 e. The van der Waals surface area contributed by atoms with E-state index < -0.39 is 6.04 Å². The molecule has 3 aromatic carbocycles. The molecule has 0 saturated heterocycles. The van der Waals surface area contributed by atoms with E-state index in [-0.39, 0.29) is 11.9 Å². The van der Waals surface area contributed by atoms with Crippen LogP contribution in [0.3, 0.4) is 0 Å². The molecule has 2 amide bonds. The zero-order valence-corrected chi connectivity index (χ0v) is 20.9. The number of aromatic nitrogens is 2. The average Bonchev–Trinajstić information content (AvgIpc) is 3.42. The smallest absolute Gasteiger partial charge is 0.326 e. The Kier molecular flexibility index (Phi) is 6.51. The number of carbonyl (C=O) groups is 1. The molecule has 9 heteroatoms. The molecule has 1 aliphatic rings. The van der Waals surface area contributed by atoms with Crippen LogP contribution in [-0.4, -0.2) is 37.5 Å². The number of nitrogens with zero attached hydrogens (tertiary/aromatic N) is 3. The van der Waals surface area contributed by atoms with Crippen molar-refractivity contribution in [3.05, 3.63) is 89.9 Å². The summed E-state index contributed by atoms with van der Waals surface area (Å²) in [7, 11) is 4.75. The fourth-order valence-corrected chi connectivity index (χ4v) is 4.40. The summed E-state index contributed by atoms with van der Waals surface area (Å²) in [5, 5.41) is 7.34. The largest absolute Gasteiger partial charge is 0.497 e. The first kappa shape index (κ1) is 23.9. The van der Waals surface area contributed by atoms with Gasteiger partial charge in [0.1, 0.15) is 5.75 Å². The molecule has 5 rings (SSSR count). The average molecular weight is 499 g/mol. The van der Waals surface area contributed by atoms with Gasteiger partial charge in [-0.1, -0.05) is 35.5 Å². The Morgan fingerprint density at radius 3 is 2.41 bits per heavy atom. The molecule has 188 valence electrons. The van der Waals surface area contributed by atoms with E-state index in [1.165, 1.54) is 0 Å². The van der Waals surface area contributed by atoms with Crippen LogP contribution in [0.5, 0.6) is 17.2 Å². The van der Waals surface area contributed by atoms with Crippen LogP contribution in [0.25, 0.3) is 17.0 Å². The predicted octanol–water partition coefficient (Wildman–Crippen LogP) is 5.46. The SMILES string of the molecule is COc1cccc(C2NC(=O)N(c3ccccc3)C(C)=C2c2nc(-c3ccc(OC)c(OC)c3)no2)c1. The molecular formula is C28H26N4O5. The van der Waals surface area contributed by atoms with E-state index in [0.717, 1.165) is 11.3 Å². The normalized spacial score (nSPS) is 15.4.